The zero-order valence-corrected chi connectivity index (χ0v) is 18.4. The molecule has 0 aliphatic carbocycles. The van der Waals surface area contributed by atoms with Crippen LogP contribution < -0.4 is 15.4 Å². The summed E-state index contributed by atoms with van der Waals surface area (Å²) in [4.78, 5) is 4.38. The molecule has 5 nitrogen and oxygen atoms in total. The van der Waals surface area contributed by atoms with Crippen molar-refractivity contribution in [3.63, 3.8) is 0 Å². The predicted molar refractivity (Wildman–Crippen MR) is 117 cm³/mol. The molecule has 0 spiro atoms. The van der Waals surface area contributed by atoms with E-state index in [0.29, 0.717) is 23.8 Å². The highest BCUT2D eigenvalue weighted by Crippen LogP contribution is 2.18. The Hall–Kier alpha value is -1.94. The fourth-order valence-electron chi connectivity index (χ4n) is 2.50. The van der Waals surface area contributed by atoms with Gasteiger partial charge in [0, 0.05) is 6.54 Å². The molecule has 154 valence electrons. The number of benzene rings is 2. The Morgan fingerprint density at radius 3 is 2.32 bits per heavy atom. The molecule has 0 saturated heterocycles. The molecule has 0 aliphatic rings. The number of guanidine groups is 1. The highest BCUT2D eigenvalue weighted by molar-refractivity contribution is 14.0. The molecule has 0 aliphatic heterocycles. The number of aliphatic hydroxyl groups excluding tert-OH is 1. The van der Waals surface area contributed by atoms with Crippen LogP contribution in [0, 0.1) is 11.6 Å². The van der Waals surface area contributed by atoms with Gasteiger partial charge in [0.25, 0.3) is 0 Å². The monoisotopic (exact) mass is 505 g/mol. The maximum absolute atomic E-state index is 13.4. The molecule has 2 aromatic carbocycles. The number of aliphatic hydroxyl groups is 1. The zero-order valence-electron chi connectivity index (χ0n) is 16.1. The van der Waals surface area contributed by atoms with Crippen molar-refractivity contribution >= 4 is 29.9 Å². The van der Waals surface area contributed by atoms with Crippen molar-refractivity contribution in [1.82, 2.24) is 10.6 Å². The quantitative estimate of drug-likeness (QED) is 0.303. The van der Waals surface area contributed by atoms with E-state index in [0.717, 1.165) is 17.7 Å². The zero-order chi connectivity index (χ0) is 19.8. The van der Waals surface area contributed by atoms with Crippen LogP contribution >= 0.6 is 24.0 Å². The second kappa shape index (κ2) is 11.8. The van der Waals surface area contributed by atoms with Gasteiger partial charge >= 0.3 is 0 Å². The molecule has 0 saturated carbocycles. The average Bonchev–Trinajstić information content (AvgIpc) is 2.68. The summed E-state index contributed by atoms with van der Waals surface area (Å²) in [5.41, 5.74) is 1.32. The van der Waals surface area contributed by atoms with E-state index in [1.54, 1.807) is 31.4 Å². The van der Waals surface area contributed by atoms with Gasteiger partial charge in [0.2, 0.25) is 0 Å². The van der Waals surface area contributed by atoms with E-state index in [2.05, 4.69) is 15.6 Å². The van der Waals surface area contributed by atoms with Gasteiger partial charge < -0.3 is 20.5 Å². The lowest BCUT2D eigenvalue weighted by Gasteiger charge is -2.19. The Bertz CT molecular complexity index is 773. The van der Waals surface area contributed by atoms with Crippen LogP contribution in [0.5, 0.6) is 5.75 Å². The molecule has 0 aromatic heterocycles. The molecule has 2 rings (SSSR count). The van der Waals surface area contributed by atoms with Gasteiger partial charge in [-0.05, 0) is 49.2 Å². The number of hydrogen-bond acceptors (Lipinski definition) is 3. The van der Waals surface area contributed by atoms with E-state index in [1.807, 2.05) is 13.8 Å². The summed E-state index contributed by atoms with van der Waals surface area (Å²) in [5, 5.41) is 16.5. The summed E-state index contributed by atoms with van der Waals surface area (Å²) in [6, 6.07) is 10.6. The van der Waals surface area contributed by atoms with Crippen molar-refractivity contribution in [3.8, 4) is 5.75 Å². The summed E-state index contributed by atoms with van der Waals surface area (Å²) in [6.07, 6.45) is -0.773. The Morgan fingerprint density at radius 1 is 1.11 bits per heavy atom. The maximum atomic E-state index is 13.4. The van der Waals surface area contributed by atoms with E-state index in [9.17, 15) is 13.9 Å². The van der Waals surface area contributed by atoms with Gasteiger partial charge in [0.1, 0.15) is 5.75 Å². The van der Waals surface area contributed by atoms with Gasteiger partial charge in [0.15, 0.2) is 17.6 Å². The Labute approximate surface area is 181 Å². The first-order valence-corrected chi connectivity index (χ1v) is 8.76. The minimum absolute atomic E-state index is 0. The number of hydrogen-bond donors (Lipinski definition) is 3. The number of aliphatic imine (C=N–C) groups is 1. The molecule has 0 amide bonds. The van der Waals surface area contributed by atoms with Gasteiger partial charge in [-0.2, -0.15) is 0 Å². The molecule has 0 radical (unpaired) electrons. The van der Waals surface area contributed by atoms with E-state index in [-0.39, 0.29) is 36.6 Å². The third-order valence-electron chi connectivity index (χ3n) is 4.06. The second-order valence-electron chi connectivity index (χ2n) is 6.05. The minimum atomic E-state index is -0.891. The first-order valence-electron chi connectivity index (χ1n) is 8.76. The summed E-state index contributed by atoms with van der Waals surface area (Å²) in [7, 11) is 1.58. The van der Waals surface area contributed by atoms with Crippen LogP contribution in [0.1, 0.15) is 37.1 Å². The summed E-state index contributed by atoms with van der Waals surface area (Å²) >= 11 is 0. The second-order valence-corrected chi connectivity index (χ2v) is 6.05. The van der Waals surface area contributed by atoms with Crippen LogP contribution in [-0.2, 0) is 0 Å². The first kappa shape index (κ1) is 24.1. The highest BCUT2D eigenvalue weighted by atomic mass is 127. The standard InChI is InChI=1S/C20H25F2N3O2.HI/c1-4-23-20(25-13(2)15-7-10-17(21)18(22)11-15)24-12-19(26)14-5-8-16(27-3)9-6-14;/h5-11,13,19,26H,4,12H2,1-3H3,(H2,23,24,25);1H. The molecule has 3 N–H and O–H groups in total. The van der Waals surface area contributed by atoms with Crippen molar-refractivity contribution in [1.29, 1.82) is 0 Å². The number of rotatable bonds is 7. The van der Waals surface area contributed by atoms with Gasteiger partial charge in [-0.15, -0.1) is 24.0 Å². The predicted octanol–water partition coefficient (Wildman–Crippen LogP) is 3.94. The molecule has 0 fully saturated rings. The molecular formula is C20H26F2IN3O2. The highest BCUT2D eigenvalue weighted by Gasteiger charge is 2.12. The van der Waals surface area contributed by atoms with Crippen molar-refractivity contribution in [2.45, 2.75) is 26.0 Å². The summed E-state index contributed by atoms with van der Waals surface area (Å²) in [6.45, 7) is 4.50. The molecule has 2 atom stereocenters. The fourth-order valence-corrected chi connectivity index (χ4v) is 2.50. The topological polar surface area (TPSA) is 65.9 Å². The molecule has 0 bridgehead atoms. The van der Waals surface area contributed by atoms with Crippen LogP contribution in [0.25, 0.3) is 0 Å². The SMILES string of the molecule is CCNC(=NCC(O)c1ccc(OC)cc1)NC(C)c1ccc(F)c(F)c1.I. The van der Waals surface area contributed by atoms with Crippen molar-refractivity contribution < 1.29 is 18.6 Å². The normalized spacial score (nSPS) is 13.3. The number of ether oxygens (including phenoxy) is 1. The third-order valence-corrected chi connectivity index (χ3v) is 4.06. The van der Waals surface area contributed by atoms with E-state index >= 15 is 0 Å². The Kier molecular flexibility index (Phi) is 10.2. The smallest absolute Gasteiger partial charge is 0.191 e. The van der Waals surface area contributed by atoms with Crippen LogP contribution in [0.4, 0.5) is 8.78 Å². The molecule has 2 unspecified atom stereocenters. The first-order chi connectivity index (χ1) is 12.9. The van der Waals surface area contributed by atoms with Crippen LogP contribution in [-0.4, -0.2) is 31.3 Å². The van der Waals surface area contributed by atoms with E-state index in [4.69, 9.17) is 4.74 Å². The number of methoxy groups -OCH3 is 1. The third kappa shape index (κ3) is 6.90. The molecular weight excluding hydrogens is 479 g/mol. The van der Waals surface area contributed by atoms with Crippen molar-refractivity contribution in [3.05, 3.63) is 65.2 Å². The van der Waals surface area contributed by atoms with Gasteiger partial charge in [0.05, 0.1) is 25.8 Å². The van der Waals surface area contributed by atoms with Gasteiger partial charge in [-0.25, -0.2) is 8.78 Å². The lowest BCUT2D eigenvalue weighted by Crippen LogP contribution is -2.39. The average molecular weight is 505 g/mol. The largest absolute Gasteiger partial charge is 0.497 e. The number of nitrogens with zero attached hydrogens (tertiary/aromatic N) is 1. The van der Waals surface area contributed by atoms with Crippen molar-refractivity contribution in [2.24, 2.45) is 4.99 Å². The lowest BCUT2D eigenvalue weighted by atomic mass is 10.1. The Morgan fingerprint density at radius 2 is 1.75 bits per heavy atom. The van der Waals surface area contributed by atoms with Crippen LogP contribution in [0.15, 0.2) is 47.5 Å². The molecule has 8 heteroatoms. The minimum Gasteiger partial charge on any atom is -0.497 e. The van der Waals surface area contributed by atoms with E-state index in [1.165, 1.54) is 6.07 Å². The number of halogens is 3. The van der Waals surface area contributed by atoms with Crippen LogP contribution in [0.3, 0.4) is 0 Å². The van der Waals surface area contributed by atoms with Crippen molar-refractivity contribution in [2.75, 3.05) is 20.2 Å². The molecule has 28 heavy (non-hydrogen) atoms. The van der Waals surface area contributed by atoms with Gasteiger partial charge in [-0.1, -0.05) is 18.2 Å². The summed E-state index contributed by atoms with van der Waals surface area (Å²) in [5.74, 6) is -0.584. The molecule has 2 aromatic rings. The fraction of sp³-hybridized carbons (Fsp3) is 0.350. The van der Waals surface area contributed by atoms with Crippen LogP contribution in [0.2, 0.25) is 0 Å². The Balaban J connectivity index is 0.00000392. The lowest BCUT2D eigenvalue weighted by molar-refractivity contribution is 0.187. The van der Waals surface area contributed by atoms with Gasteiger partial charge in [-0.3, -0.25) is 4.99 Å². The van der Waals surface area contributed by atoms with E-state index < -0.39 is 17.7 Å². The molecule has 0 heterocycles. The number of nitrogens with one attached hydrogen (secondary N) is 2. The maximum Gasteiger partial charge on any atom is 0.191 e. The summed E-state index contributed by atoms with van der Waals surface area (Å²) < 4.78 is 31.6.